The van der Waals surface area contributed by atoms with Crippen LogP contribution in [0.25, 0.3) is 0 Å². The highest BCUT2D eigenvalue weighted by Gasteiger charge is 2.08. The molecule has 1 aromatic rings. The summed E-state index contributed by atoms with van der Waals surface area (Å²) in [4.78, 5) is 0. The zero-order valence-electron chi connectivity index (χ0n) is 11.0. The average molecular weight is 366 g/mol. The van der Waals surface area contributed by atoms with E-state index in [0.717, 1.165) is 20.6 Å². The molecule has 0 saturated carbocycles. The maximum atomic E-state index is 5.57. The van der Waals surface area contributed by atoms with Crippen LogP contribution in [0.5, 0.6) is 11.5 Å². The van der Waals surface area contributed by atoms with Crippen LogP contribution < -0.4 is 9.47 Å². The summed E-state index contributed by atoms with van der Waals surface area (Å²) >= 11 is 2.22. The van der Waals surface area contributed by atoms with Gasteiger partial charge in [0.1, 0.15) is 11.5 Å². The molecule has 0 aliphatic carbocycles. The first-order valence-corrected chi connectivity index (χ1v) is 6.98. The van der Waals surface area contributed by atoms with Gasteiger partial charge in [0.25, 0.3) is 0 Å². The standard InChI is InChI=1S/C13H19IO4/c1-4-15-8-17-11-6-10(3)13(12(14)7-11)18-9-16-5-2/h6-7H,4-5,8-9H2,1-3H3. The molecule has 0 amide bonds. The molecule has 0 N–H and O–H groups in total. The Labute approximate surface area is 122 Å². The Morgan fingerprint density at radius 2 is 1.61 bits per heavy atom. The monoisotopic (exact) mass is 366 g/mol. The molecule has 0 aliphatic rings. The van der Waals surface area contributed by atoms with Crippen LogP contribution in [0.15, 0.2) is 12.1 Å². The maximum Gasteiger partial charge on any atom is 0.189 e. The molecule has 4 nitrogen and oxygen atoms in total. The second-order valence-corrected chi connectivity index (χ2v) is 4.72. The Kier molecular flexibility index (Phi) is 7.38. The number of hydrogen-bond acceptors (Lipinski definition) is 4. The second kappa shape index (κ2) is 8.55. The smallest absolute Gasteiger partial charge is 0.189 e. The van der Waals surface area contributed by atoms with Crippen LogP contribution >= 0.6 is 22.6 Å². The summed E-state index contributed by atoms with van der Waals surface area (Å²) in [5.41, 5.74) is 1.02. The van der Waals surface area contributed by atoms with Crippen molar-refractivity contribution in [2.45, 2.75) is 20.8 Å². The van der Waals surface area contributed by atoms with Crippen LogP contribution in [0.1, 0.15) is 19.4 Å². The Morgan fingerprint density at radius 1 is 1.00 bits per heavy atom. The van der Waals surface area contributed by atoms with Crippen molar-refractivity contribution in [3.05, 3.63) is 21.3 Å². The molecule has 0 fully saturated rings. The van der Waals surface area contributed by atoms with E-state index >= 15 is 0 Å². The van der Waals surface area contributed by atoms with Gasteiger partial charge in [0.15, 0.2) is 13.6 Å². The molecule has 0 aliphatic heterocycles. The molecule has 0 unspecified atom stereocenters. The van der Waals surface area contributed by atoms with Gasteiger partial charge < -0.3 is 18.9 Å². The molecule has 0 heterocycles. The first-order valence-electron chi connectivity index (χ1n) is 5.90. The molecule has 1 aromatic carbocycles. The van der Waals surface area contributed by atoms with Crippen LogP contribution in [-0.2, 0) is 9.47 Å². The normalized spacial score (nSPS) is 10.4. The van der Waals surface area contributed by atoms with Crippen LogP contribution in [0.3, 0.4) is 0 Å². The van der Waals surface area contributed by atoms with E-state index in [2.05, 4.69) is 22.6 Å². The van der Waals surface area contributed by atoms with Crippen LogP contribution in [0, 0.1) is 10.5 Å². The van der Waals surface area contributed by atoms with Crippen molar-refractivity contribution in [1.82, 2.24) is 0 Å². The van der Waals surface area contributed by atoms with Gasteiger partial charge in [-0.1, -0.05) is 0 Å². The van der Waals surface area contributed by atoms with E-state index in [1.165, 1.54) is 0 Å². The summed E-state index contributed by atoms with van der Waals surface area (Å²) in [6, 6.07) is 3.86. The molecule has 0 aromatic heterocycles. The van der Waals surface area contributed by atoms with Crippen LogP contribution in [0.2, 0.25) is 0 Å². The lowest BCUT2D eigenvalue weighted by Crippen LogP contribution is -2.06. The third-order valence-electron chi connectivity index (χ3n) is 2.21. The van der Waals surface area contributed by atoms with Crippen molar-refractivity contribution in [3.8, 4) is 11.5 Å². The van der Waals surface area contributed by atoms with E-state index in [1.807, 2.05) is 32.9 Å². The molecule has 0 radical (unpaired) electrons. The number of halogens is 1. The number of benzene rings is 1. The lowest BCUT2D eigenvalue weighted by atomic mass is 10.2. The molecule has 5 heteroatoms. The summed E-state index contributed by atoms with van der Waals surface area (Å²) in [5.74, 6) is 1.63. The summed E-state index contributed by atoms with van der Waals surface area (Å²) < 4.78 is 22.4. The van der Waals surface area contributed by atoms with Crippen LogP contribution in [0.4, 0.5) is 0 Å². The highest BCUT2D eigenvalue weighted by atomic mass is 127. The topological polar surface area (TPSA) is 36.9 Å². The first-order chi connectivity index (χ1) is 8.69. The van der Waals surface area contributed by atoms with Gasteiger partial charge in [0.2, 0.25) is 0 Å². The predicted octanol–water partition coefficient (Wildman–Crippen LogP) is 3.35. The highest BCUT2D eigenvalue weighted by molar-refractivity contribution is 14.1. The van der Waals surface area contributed by atoms with Crippen molar-refractivity contribution in [3.63, 3.8) is 0 Å². The Bertz CT molecular complexity index is 345. The zero-order chi connectivity index (χ0) is 13.4. The van der Waals surface area contributed by atoms with Crippen LogP contribution in [-0.4, -0.2) is 26.8 Å². The molecule has 0 saturated heterocycles. The van der Waals surface area contributed by atoms with E-state index in [-0.39, 0.29) is 13.6 Å². The molecule has 1 rings (SSSR count). The van der Waals surface area contributed by atoms with E-state index in [1.54, 1.807) is 0 Å². The third kappa shape index (κ3) is 4.99. The largest absolute Gasteiger partial charge is 0.468 e. The summed E-state index contributed by atoms with van der Waals surface area (Å²) in [6.07, 6.45) is 0. The number of hydrogen-bond donors (Lipinski definition) is 0. The van der Waals surface area contributed by atoms with E-state index < -0.39 is 0 Å². The lowest BCUT2D eigenvalue weighted by Gasteiger charge is -2.13. The first kappa shape index (κ1) is 15.5. The SMILES string of the molecule is CCOCOc1cc(C)c(OCOCC)c(I)c1. The molecule has 0 atom stereocenters. The van der Waals surface area contributed by atoms with Gasteiger partial charge in [-0.15, -0.1) is 0 Å². The molecular formula is C13H19IO4. The fourth-order valence-electron chi connectivity index (χ4n) is 1.34. The molecular weight excluding hydrogens is 347 g/mol. The Hall–Kier alpha value is -0.530. The molecule has 18 heavy (non-hydrogen) atoms. The summed E-state index contributed by atoms with van der Waals surface area (Å²) in [7, 11) is 0. The van der Waals surface area contributed by atoms with Crippen molar-refractivity contribution < 1.29 is 18.9 Å². The fraction of sp³-hybridized carbons (Fsp3) is 0.538. The van der Waals surface area contributed by atoms with Gasteiger partial charge >= 0.3 is 0 Å². The van der Waals surface area contributed by atoms with Gasteiger partial charge in [-0.25, -0.2) is 0 Å². The van der Waals surface area contributed by atoms with Crippen molar-refractivity contribution in [2.75, 3.05) is 26.8 Å². The van der Waals surface area contributed by atoms with Gasteiger partial charge in [0.05, 0.1) is 3.57 Å². The van der Waals surface area contributed by atoms with Crippen molar-refractivity contribution in [2.24, 2.45) is 0 Å². The number of ether oxygens (including phenoxy) is 4. The maximum absolute atomic E-state index is 5.57. The molecule has 0 bridgehead atoms. The van der Waals surface area contributed by atoms with Crippen molar-refractivity contribution in [1.29, 1.82) is 0 Å². The predicted molar refractivity (Wildman–Crippen MR) is 78.1 cm³/mol. The van der Waals surface area contributed by atoms with E-state index in [0.29, 0.717) is 13.2 Å². The Morgan fingerprint density at radius 3 is 2.17 bits per heavy atom. The fourth-order valence-corrected chi connectivity index (χ4v) is 2.23. The summed E-state index contributed by atoms with van der Waals surface area (Å²) in [5, 5.41) is 0. The minimum absolute atomic E-state index is 0.269. The molecule has 102 valence electrons. The minimum Gasteiger partial charge on any atom is -0.468 e. The lowest BCUT2D eigenvalue weighted by molar-refractivity contribution is 0.0192. The number of rotatable bonds is 8. The highest BCUT2D eigenvalue weighted by Crippen LogP contribution is 2.30. The van der Waals surface area contributed by atoms with Gasteiger partial charge in [-0.2, -0.15) is 0 Å². The van der Waals surface area contributed by atoms with Gasteiger partial charge in [0, 0.05) is 13.2 Å². The quantitative estimate of drug-likeness (QED) is 0.402. The minimum atomic E-state index is 0.269. The van der Waals surface area contributed by atoms with E-state index in [4.69, 9.17) is 18.9 Å². The molecule has 0 spiro atoms. The summed E-state index contributed by atoms with van der Waals surface area (Å²) in [6.45, 7) is 7.68. The van der Waals surface area contributed by atoms with Crippen molar-refractivity contribution >= 4 is 22.6 Å². The Balaban J connectivity index is 2.65. The average Bonchev–Trinajstić information content (AvgIpc) is 2.33. The van der Waals surface area contributed by atoms with Gasteiger partial charge in [-0.05, 0) is 61.1 Å². The number of aryl methyl sites for hydroxylation is 1. The zero-order valence-corrected chi connectivity index (χ0v) is 13.2. The van der Waals surface area contributed by atoms with E-state index in [9.17, 15) is 0 Å². The second-order valence-electron chi connectivity index (χ2n) is 3.56. The third-order valence-corrected chi connectivity index (χ3v) is 3.01. The van der Waals surface area contributed by atoms with Gasteiger partial charge in [-0.3, -0.25) is 0 Å².